The maximum Gasteiger partial charge on any atom is 0.113 e. The van der Waals surface area contributed by atoms with Crippen LogP contribution in [-0.2, 0) is 5.75 Å². The van der Waals surface area contributed by atoms with Crippen LogP contribution in [0.15, 0.2) is 45.9 Å². The molecular weight excluding hydrogens is 206 g/mol. The molecule has 0 amide bonds. The fourth-order valence-corrected chi connectivity index (χ4v) is 2.11. The number of furan rings is 1. The average molecular weight is 219 g/mol. The molecule has 0 aliphatic carbocycles. The second kappa shape index (κ2) is 4.45. The Morgan fingerprint density at radius 1 is 1.33 bits per heavy atom. The lowest BCUT2D eigenvalue weighted by Gasteiger charge is -2.03. The second-order valence-electron chi connectivity index (χ2n) is 3.39. The van der Waals surface area contributed by atoms with E-state index >= 15 is 0 Å². The first-order valence-corrected chi connectivity index (χ1v) is 5.75. The minimum absolute atomic E-state index is 0.843. The highest BCUT2D eigenvalue weighted by Crippen LogP contribution is 2.25. The SMILES string of the molecule is Cc1ccc(SCc2ccco2)cc1N. The number of nitrogens with two attached hydrogens (primary N) is 1. The smallest absolute Gasteiger partial charge is 0.113 e. The maximum atomic E-state index is 5.83. The van der Waals surface area contributed by atoms with E-state index in [2.05, 4.69) is 6.07 Å². The van der Waals surface area contributed by atoms with E-state index in [4.69, 9.17) is 10.2 Å². The number of rotatable bonds is 3. The minimum atomic E-state index is 0.843. The highest BCUT2D eigenvalue weighted by Gasteiger charge is 2.00. The molecule has 1 heterocycles. The normalized spacial score (nSPS) is 10.5. The standard InChI is InChI=1S/C12H13NOS/c1-9-4-5-11(7-12(9)13)15-8-10-3-2-6-14-10/h2-7H,8,13H2,1H3. The Hall–Kier alpha value is -1.35. The summed E-state index contributed by atoms with van der Waals surface area (Å²) >= 11 is 1.73. The summed E-state index contributed by atoms with van der Waals surface area (Å²) in [6, 6.07) is 10.0. The summed E-state index contributed by atoms with van der Waals surface area (Å²) in [6.45, 7) is 2.01. The van der Waals surface area contributed by atoms with E-state index < -0.39 is 0 Å². The topological polar surface area (TPSA) is 39.2 Å². The molecule has 2 N–H and O–H groups in total. The van der Waals surface area contributed by atoms with Crippen molar-refractivity contribution in [3.8, 4) is 0 Å². The molecule has 0 aliphatic rings. The molecule has 78 valence electrons. The van der Waals surface area contributed by atoms with Crippen LogP contribution >= 0.6 is 11.8 Å². The van der Waals surface area contributed by atoms with Crippen LogP contribution < -0.4 is 5.73 Å². The maximum absolute atomic E-state index is 5.83. The number of hydrogen-bond donors (Lipinski definition) is 1. The number of aryl methyl sites for hydroxylation is 1. The summed E-state index contributed by atoms with van der Waals surface area (Å²) in [5.74, 6) is 1.83. The monoisotopic (exact) mass is 219 g/mol. The molecule has 0 bridgehead atoms. The van der Waals surface area contributed by atoms with Crippen molar-refractivity contribution in [1.29, 1.82) is 0 Å². The first-order valence-electron chi connectivity index (χ1n) is 4.77. The average Bonchev–Trinajstić information content (AvgIpc) is 2.73. The third-order valence-electron chi connectivity index (χ3n) is 2.21. The largest absolute Gasteiger partial charge is 0.468 e. The van der Waals surface area contributed by atoms with Crippen LogP contribution in [0.3, 0.4) is 0 Å². The number of anilines is 1. The van der Waals surface area contributed by atoms with Gasteiger partial charge in [0, 0.05) is 10.6 Å². The highest BCUT2D eigenvalue weighted by molar-refractivity contribution is 7.98. The van der Waals surface area contributed by atoms with E-state index in [1.165, 1.54) is 4.90 Å². The molecule has 0 unspecified atom stereocenters. The van der Waals surface area contributed by atoms with Crippen molar-refractivity contribution in [1.82, 2.24) is 0 Å². The van der Waals surface area contributed by atoms with Gasteiger partial charge in [-0.25, -0.2) is 0 Å². The second-order valence-corrected chi connectivity index (χ2v) is 4.44. The molecule has 0 atom stereocenters. The molecule has 0 radical (unpaired) electrons. The molecule has 2 nitrogen and oxygen atoms in total. The Kier molecular flexibility index (Phi) is 3.02. The van der Waals surface area contributed by atoms with Crippen molar-refractivity contribution in [2.75, 3.05) is 5.73 Å². The molecule has 0 saturated heterocycles. The Morgan fingerprint density at radius 3 is 2.87 bits per heavy atom. The van der Waals surface area contributed by atoms with E-state index in [1.54, 1.807) is 18.0 Å². The zero-order chi connectivity index (χ0) is 10.7. The molecule has 2 rings (SSSR count). The van der Waals surface area contributed by atoms with Crippen LogP contribution in [0.4, 0.5) is 5.69 Å². The first-order chi connectivity index (χ1) is 7.25. The van der Waals surface area contributed by atoms with Crippen molar-refractivity contribution in [2.24, 2.45) is 0 Å². The van der Waals surface area contributed by atoms with E-state index in [-0.39, 0.29) is 0 Å². The molecule has 0 spiro atoms. The molecule has 0 aliphatic heterocycles. The van der Waals surface area contributed by atoms with Crippen molar-refractivity contribution in [2.45, 2.75) is 17.6 Å². The lowest BCUT2D eigenvalue weighted by atomic mass is 10.2. The first kappa shape index (κ1) is 10.2. The van der Waals surface area contributed by atoms with Crippen molar-refractivity contribution in [3.63, 3.8) is 0 Å². The van der Waals surface area contributed by atoms with Crippen LogP contribution in [0.2, 0.25) is 0 Å². The van der Waals surface area contributed by atoms with Crippen LogP contribution in [-0.4, -0.2) is 0 Å². The minimum Gasteiger partial charge on any atom is -0.468 e. The Morgan fingerprint density at radius 2 is 2.20 bits per heavy atom. The van der Waals surface area contributed by atoms with Crippen LogP contribution in [0.5, 0.6) is 0 Å². The van der Waals surface area contributed by atoms with Gasteiger partial charge in [-0.2, -0.15) is 0 Å². The fourth-order valence-electron chi connectivity index (χ4n) is 1.26. The van der Waals surface area contributed by atoms with Gasteiger partial charge >= 0.3 is 0 Å². The Labute approximate surface area is 93.5 Å². The lowest BCUT2D eigenvalue weighted by molar-refractivity contribution is 0.530. The van der Waals surface area contributed by atoms with Crippen LogP contribution in [0.25, 0.3) is 0 Å². The van der Waals surface area contributed by atoms with Gasteiger partial charge in [-0.3, -0.25) is 0 Å². The number of nitrogen functional groups attached to an aromatic ring is 1. The van der Waals surface area contributed by atoms with Gasteiger partial charge in [0.05, 0.1) is 12.0 Å². The molecule has 0 fully saturated rings. The molecule has 1 aromatic carbocycles. The van der Waals surface area contributed by atoms with Crippen molar-refractivity contribution >= 4 is 17.4 Å². The summed E-state index contributed by atoms with van der Waals surface area (Å²) in [6.07, 6.45) is 1.69. The zero-order valence-electron chi connectivity index (χ0n) is 8.57. The van der Waals surface area contributed by atoms with Gasteiger partial charge in [0.15, 0.2) is 0 Å². The van der Waals surface area contributed by atoms with E-state index in [1.807, 2.05) is 31.2 Å². The Balaban J connectivity index is 2.02. The van der Waals surface area contributed by atoms with Crippen LogP contribution in [0, 0.1) is 6.92 Å². The Bertz CT molecular complexity index is 437. The van der Waals surface area contributed by atoms with Gasteiger partial charge in [-0.1, -0.05) is 6.07 Å². The molecule has 15 heavy (non-hydrogen) atoms. The van der Waals surface area contributed by atoms with Gasteiger partial charge in [-0.15, -0.1) is 11.8 Å². The molecule has 3 heteroatoms. The predicted molar refractivity (Wildman–Crippen MR) is 63.9 cm³/mol. The van der Waals surface area contributed by atoms with E-state index in [0.717, 1.165) is 22.8 Å². The lowest BCUT2D eigenvalue weighted by Crippen LogP contribution is -1.89. The third kappa shape index (κ3) is 2.57. The van der Waals surface area contributed by atoms with Gasteiger partial charge in [0.1, 0.15) is 5.76 Å². The summed E-state index contributed by atoms with van der Waals surface area (Å²) in [7, 11) is 0. The fraction of sp³-hybridized carbons (Fsp3) is 0.167. The van der Waals surface area contributed by atoms with E-state index in [9.17, 15) is 0 Å². The van der Waals surface area contributed by atoms with Gasteiger partial charge in [0.25, 0.3) is 0 Å². The molecule has 2 aromatic rings. The molecule has 0 saturated carbocycles. The highest BCUT2D eigenvalue weighted by atomic mass is 32.2. The number of benzene rings is 1. The van der Waals surface area contributed by atoms with Crippen LogP contribution in [0.1, 0.15) is 11.3 Å². The van der Waals surface area contributed by atoms with Gasteiger partial charge < -0.3 is 10.2 Å². The summed E-state index contributed by atoms with van der Waals surface area (Å²) in [4.78, 5) is 1.18. The molecular formula is C12H13NOS. The summed E-state index contributed by atoms with van der Waals surface area (Å²) in [5, 5.41) is 0. The zero-order valence-corrected chi connectivity index (χ0v) is 9.38. The van der Waals surface area contributed by atoms with Gasteiger partial charge in [-0.05, 0) is 36.8 Å². The predicted octanol–water partition coefficient (Wildman–Crippen LogP) is 3.46. The summed E-state index contributed by atoms with van der Waals surface area (Å²) < 4.78 is 5.26. The third-order valence-corrected chi connectivity index (χ3v) is 3.23. The molecule has 1 aromatic heterocycles. The number of hydrogen-bond acceptors (Lipinski definition) is 3. The van der Waals surface area contributed by atoms with Gasteiger partial charge in [0.2, 0.25) is 0 Å². The number of thioether (sulfide) groups is 1. The quantitative estimate of drug-likeness (QED) is 0.634. The van der Waals surface area contributed by atoms with Crippen molar-refractivity contribution in [3.05, 3.63) is 47.9 Å². The van der Waals surface area contributed by atoms with E-state index in [0.29, 0.717) is 0 Å². The van der Waals surface area contributed by atoms with Crippen molar-refractivity contribution < 1.29 is 4.42 Å². The summed E-state index contributed by atoms with van der Waals surface area (Å²) in [5.41, 5.74) is 7.80.